The van der Waals surface area contributed by atoms with Gasteiger partial charge in [-0.25, -0.2) is 9.97 Å². The molecule has 0 saturated heterocycles. The normalized spacial score (nSPS) is 10.3. The number of aromatic nitrogens is 2. The number of hydrogen-bond acceptors (Lipinski definition) is 5. The maximum absolute atomic E-state index is 11.6. The van der Waals surface area contributed by atoms with Crippen LogP contribution in [0.25, 0.3) is 0 Å². The lowest BCUT2D eigenvalue weighted by molar-refractivity contribution is -0.143. The van der Waals surface area contributed by atoms with Crippen molar-refractivity contribution in [3.05, 3.63) is 23.3 Å². The van der Waals surface area contributed by atoms with Gasteiger partial charge in [-0.2, -0.15) is 0 Å². The van der Waals surface area contributed by atoms with Crippen molar-refractivity contribution in [2.24, 2.45) is 0 Å². The molecule has 0 aliphatic heterocycles. The molecule has 1 aromatic rings. The maximum Gasteiger partial charge on any atom is 0.310 e. The zero-order valence-electron chi connectivity index (χ0n) is 10.5. The maximum atomic E-state index is 11.6. The molecule has 0 atom stereocenters. The first-order chi connectivity index (χ1) is 8.15. The van der Waals surface area contributed by atoms with E-state index in [0.29, 0.717) is 19.6 Å². The minimum atomic E-state index is -0.248. The average molecular weight is 238 g/mol. The average Bonchev–Trinajstić information content (AvgIpc) is 2.30. The number of esters is 1. The Balaban J connectivity index is 2.45. The van der Waals surface area contributed by atoms with E-state index in [-0.39, 0.29) is 12.4 Å². The molecule has 0 aliphatic rings. The highest BCUT2D eigenvalue weighted by Crippen LogP contribution is 2.09. The zero-order valence-corrected chi connectivity index (χ0v) is 10.5. The van der Waals surface area contributed by atoms with E-state index in [1.165, 1.54) is 6.33 Å². The molecule has 0 N–H and O–H groups in total. The van der Waals surface area contributed by atoms with Gasteiger partial charge in [-0.1, -0.05) is 0 Å². The quantitative estimate of drug-likeness (QED) is 0.550. The highest BCUT2D eigenvalue weighted by atomic mass is 16.5. The molecule has 5 nitrogen and oxygen atoms in total. The Morgan fingerprint density at radius 3 is 2.47 bits per heavy atom. The number of aryl methyl sites for hydroxylation is 2. The number of carbonyl (C=O) groups excluding carboxylic acids is 1. The first kappa shape index (κ1) is 13.6. The van der Waals surface area contributed by atoms with Crippen molar-refractivity contribution in [1.82, 2.24) is 9.97 Å². The van der Waals surface area contributed by atoms with E-state index in [9.17, 15) is 4.79 Å². The predicted octanol–water partition coefficient (Wildman–Crippen LogP) is 1.22. The van der Waals surface area contributed by atoms with Crippen LogP contribution >= 0.6 is 0 Å². The Morgan fingerprint density at radius 1 is 1.24 bits per heavy atom. The van der Waals surface area contributed by atoms with E-state index in [4.69, 9.17) is 9.47 Å². The van der Waals surface area contributed by atoms with Crippen LogP contribution in [0.5, 0.6) is 0 Å². The van der Waals surface area contributed by atoms with Crippen LogP contribution in [0, 0.1) is 13.8 Å². The predicted molar refractivity (Wildman–Crippen MR) is 62.7 cm³/mol. The highest BCUT2D eigenvalue weighted by molar-refractivity contribution is 5.73. The van der Waals surface area contributed by atoms with Gasteiger partial charge in [-0.05, 0) is 13.8 Å². The van der Waals surface area contributed by atoms with E-state index in [1.807, 2.05) is 13.8 Å². The Morgan fingerprint density at radius 2 is 1.88 bits per heavy atom. The summed E-state index contributed by atoms with van der Waals surface area (Å²) in [5, 5.41) is 0. The van der Waals surface area contributed by atoms with E-state index in [1.54, 1.807) is 7.11 Å². The molecule has 1 heterocycles. The SMILES string of the molecule is COCCCOC(=O)Cc1c(C)ncnc1C. The lowest BCUT2D eigenvalue weighted by atomic mass is 10.1. The molecule has 0 unspecified atom stereocenters. The van der Waals surface area contributed by atoms with E-state index in [2.05, 4.69) is 9.97 Å². The Kier molecular flexibility index (Phi) is 5.56. The number of carbonyl (C=O) groups is 1. The van der Waals surface area contributed by atoms with Crippen LogP contribution in [-0.4, -0.2) is 36.3 Å². The number of rotatable bonds is 6. The van der Waals surface area contributed by atoms with E-state index >= 15 is 0 Å². The van der Waals surface area contributed by atoms with Gasteiger partial charge >= 0.3 is 5.97 Å². The van der Waals surface area contributed by atoms with E-state index in [0.717, 1.165) is 17.0 Å². The molecule has 5 heteroatoms. The summed E-state index contributed by atoms with van der Waals surface area (Å²) in [5.41, 5.74) is 2.50. The molecule has 0 bridgehead atoms. The third-order valence-corrected chi connectivity index (χ3v) is 2.45. The first-order valence-electron chi connectivity index (χ1n) is 5.56. The van der Waals surface area contributed by atoms with Gasteiger partial charge in [0.1, 0.15) is 6.33 Å². The lowest BCUT2D eigenvalue weighted by Crippen LogP contribution is -2.13. The lowest BCUT2D eigenvalue weighted by Gasteiger charge is -2.08. The summed E-state index contributed by atoms with van der Waals surface area (Å²) in [5.74, 6) is -0.248. The molecule has 0 radical (unpaired) electrons. The monoisotopic (exact) mass is 238 g/mol. The summed E-state index contributed by atoms with van der Waals surface area (Å²) in [6, 6.07) is 0. The summed E-state index contributed by atoms with van der Waals surface area (Å²) in [7, 11) is 1.62. The van der Waals surface area contributed by atoms with Crippen molar-refractivity contribution >= 4 is 5.97 Å². The minimum Gasteiger partial charge on any atom is -0.465 e. The largest absolute Gasteiger partial charge is 0.465 e. The van der Waals surface area contributed by atoms with Gasteiger partial charge in [0.25, 0.3) is 0 Å². The molecule has 0 fully saturated rings. The smallest absolute Gasteiger partial charge is 0.310 e. The molecule has 0 saturated carbocycles. The second kappa shape index (κ2) is 6.96. The van der Waals surface area contributed by atoms with Crippen LogP contribution in [0.15, 0.2) is 6.33 Å². The van der Waals surface area contributed by atoms with Crippen molar-refractivity contribution < 1.29 is 14.3 Å². The van der Waals surface area contributed by atoms with E-state index < -0.39 is 0 Å². The van der Waals surface area contributed by atoms with Gasteiger partial charge in [-0.15, -0.1) is 0 Å². The fourth-order valence-electron chi connectivity index (χ4n) is 1.46. The second-order valence-electron chi connectivity index (χ2n) is 3.77. The molecule has 0 aliphatic carbocycles. The van der Waals surface area contributed by atoms with Crippen molar-refractivity contribution in [2.45, 2.75) is 26.7 Å². The Hall–Kier alpha value is -1.49. The number of ether oxygens (including phenoxy) is 2. The molecule has 0 aromatic carbocycles. The third-order valence-electron chi connectivity index (χ3n) is 2.45. The number of hydrogen-bond donors (Lipinski definition) is 0. The number of methoxy groups -OCH3 is 1. The highest BCUT2D eigenvalue weighted by Gasteiger charge is 2.11. The minimum absolute atomic E-state index is 0.228. The summed E-state index contributed by atoms with van der Waals surface area (Å²) < 4.78 is 9.95. The van der Waals surface area contributed by atoms with Crippen LogP contribution in [0.3, 0.4) is 0 Å². The van der Waals surface area contributed by atoms with Gasteiger partial charge in [-0.3, -0.25) is 4.79 Å². The van der Waals surface area contributed by atoms with Crippen LogP contribution in [0.4, 0.5) is 0 Å². The molecular weight excluding hydrogens is 220 g/mol. The molecule has 0 amide bonds. The summed E-state index contributed by atoms with van der Waals surface area (Å²) in [6.45, 7) is 4.71. The summed E-state index contributed by atoms with van der Waals surface area (Å²) in [4.78, 5) is 19.7. The van der Waals surface area contributed by atoms with Crippen molar-refractivity contribution in [2.75, 3.05) is 20.3 Å². The molecule has 94 valence electrons. The summed E-state index contributed by atoms with van der Waals surface area (Å²) >= 11 is 0. The van der Waals surface area contributed by atoms with Gasteiger partial charge in [0.2, 0.25) is 0 Å². The molecule has 1 rings (SSSR count). The topological polar surface area (TPSA) is 61.3 Å². The van der Waals surface area contributed by atoms with Crippen molar-refractivity contribution in [3.63, 3.8) is 0 Å². The molecular formula is C12H18N2O3. The summed E-state index contributed by atoms with van der Waals surface area (Å²) in [6.07, 6.45) is 2.44. The Labute approximate surface area is 101 Å². The fourth-order valence-corrected chi connectivity index (χ4v) is 1.46. The zero-order chi connectivity index (χ0) is 12.7. The van der Waals surface area contributed by atoms with Crippen LogP contribution in [0.2, 0.25) is 0 Å². The Bertz CT molecular complexity index is 360. The standard InChI is InChI=1S/C12H18N2O3/c1-9-11(10(2)14-8-13-9)7-12(15)17-6-4-5-16-3/h8H,4-7H2,1-3H3. The second-order valence-corrected chi connectivity index (χ2v) is 3.77. The molecule has 1 aromatic heterocycles. The van der Waals surface area contributed by atoms with Crippen molar-refractivity contribution in [3.8, 4) is 0 Å². The first-order valence-corrected chi connectivity index (χ1v) is 5.56. The van der Waals surface area contributed by atoms with Crippen LogP contribution in [0.1, 0.15) is 23.4 Å². The van der Waals surface area contributed by atoms with Crippen LogP contribution in [-0.2, 0) is 20.7 Å². The van der Waals surface area contributed by atoms with Crippen molar-refractivity contribution in [1.29, 1.82) is 0 Å². The van der Waals surface area contributed by atoms with Crippen LogP contribution < -0.4 is 0 Å². The van der Waals surface area contributed by atoms with Gasteiger partial charge in [0.15, 0.2) is 0 Å². The number of nitrogens with zero attached hydrogens (tertiary/aromatic N) is 2. The molecule has 17 heavy (non-hydrogen) atoms. The third kappa shape index (κ3) is 4.48. The van der Waals surface area contributed by atoms with Gasteiger partial charge in [0.05, 0.1) is 13.0 Å². The van der Waals surface area contributed by atoms with Gasteiger partial charge < -0.3 is 9.47 Å². The molecule has 0 spiro atoms. The van der Waals surface area contributed by atoms with Gasteiger partial charge in [0, 0.05) is 37.1 Å². The fraction of sp³-hybridized carbons (Fsp3) is 0.583.